The lowest BCUT2D eigenvalue weighted by Gasteiger charge is -2.41. The fourth-order valence-electron chi connectivity index (χ4n) is 4.74. The second kappa shape index (κ2) is 14.8. The summed E-state index contributed by atoms with van der Waals surface area (Å²) < 4.78 is 50.3. The number of carbonyl (C=O) groups excluding carboxylic acids is 2. The topological polar surface area (TPSA) is 171 Å². The SMILES string of the molecule is CC(C)C[C@H](NC(=O)[C@H](Cc1ccc(C(F)(F)F)cc1)NC(=O)c1cc(Cl)ccc1Cl)B1OC(O)CC(CC(=O)O)(C(=O)O)O1. The third-order valence-electron chi connectivity index (χ3n) is 6.86. The minimum Gasteiger partial charge on any atom is -0.481 e. The maximum absolute atomic E-state index is 13.7. The average Bonchev–Trinajstić information content (AvgIpc) is 2.92. The van der Waals surface area contributed by atoms with Gasteiger partial charge >= 0.3 is 25.2 Å². The Morgan fingerprint density at radius 1 is 1.07 bits per heavy atom. The largest absolute Gasteiger partial charge is 0.483 e. The van der Waals surface area contributed by atoms with Crippen molar-refractivity contribution in [3.05, 3.63) is 69.2 Å². The predicted octanol–water partition coefficient (Wildman–Crippen LogP) is 3.97. The number of amides is 2. The molecular weight excluding hydrogens is 647 g/mol. The third-order valence-corrected chi connectivity index (χ3v) is 7.43. The molecule has 0 aromatic heterocycles. The molecule has 0 aliphatic carbocycles. The summed E-state index contributed by atoms with van der Waals surface area (Å²) in [4.78, 5) is 50.5. The number of aliphatic hydroxyl groups excluding tert-OH is 1. The number of rotatable bonds is 12. The molecule has 45 heavy (non-hydrogen) atoms. The van der Waals surface area contributed by atoms with E-state index in [1.54, 1.807) is 13.8 Å². The maximum atomic E-state index is 13.7. The fourth-order valence-corrected chi connectivity index (χ4v) is 5.12. The van der Waals surface area contributed by atoms with Gasteiger partial charge in [0, 0.05) is 17.9 Å². The Kier molecular flexibility index (Phi) is 11.9. The standard InChI is InChI=1S/C28H30BCl2F3N2O9/c1-14(2)9-21(29-44-23(39)13-27(45-29,26(42)43)12-22(37)38)36-25(41)20(10-15-3-5-16(6-4-15)28(32,33)34)35-24(40)18-11-17(30)7-8-19(18)31/h3-8,11,14,20-21,23,39H,9-10,12-13H2,1-2H3,(H,35,40)(H,36,41)(H,37,38)(H,42,43)/t20-,21-,23?,27?/m0/s1. The number of hydrogen-bond acceptors (Lipinski definition) is 7. The molecule has 1 heterocycles. The molecule has 0 saturated carbocycles. The lowest BCUT2D eigenvalue weighted by molar-refractivity contribution is -0.187. The number of carboxylic acids is 2. The van der Waals surface area contributed by atoms with E-state index >= 15 is 0 Å². The molecule has 1 saturated heterocycles. The Bertz CT molecular complexity index is 1410. The van der Waals surface area contributed by atoms with Crippen molar-refractivity contribution in [3.63, 3.8) is 0 Å². The molecule has 0 bridgehead atoms. The highest BCUT2D eigenvalue weighted by Gasteiger charge is 2.53. The molecule has 0 radical (unpaired) electrons. The van der Waals surface area contributed by atoms with Crippen molar-refractivity contribution < 1.29 is 57.0 Å². The number of nitrogens with one attached hydrogen (secondary N) is 2. The number of aliphatic hydroxyl groups is 1. The van der Waals surface area contributed by atoms with Gasteiger partial charge in [0.05, 0.1) is 28.5 Å². The van der Waals surface area contributed by atoms with E-state index in [1.807, 2.05) is 0 Å². The van der Waals surface area contributed by atoms with Crippen LogP contribution in [0.15, 0.2) is 42.5 Å². The van der Waals surface area contributed by atoms with Gasteiger partial charge in [-0.05, 0) is 48.2 Å². The second-order valence-corrected chi connectivity index (χ2v) is 11.8. The predicted molar refractivity (Wildman–Crippen MR) is 155 cm³/mol. The first-order valence-electron chi connectivity index (χ1n) is 13.6. The monoisotopic (exact) mass is 676 g/mol. The number of alkyl halides is 3. The van der Waals surface area contributed by atoms with Crippen LogP contribution in [0.3, 0.4) is 0 Å². The van der Waals surface area contributed by atoms with Crippen LogP contribution in [0.2, 0.25) is 10.0 Å². The van der Waals surface area contributed by atoms with E-state index in [0.29, 0.717) is 0 Å². The Balaban J connectivity index is 1.95. The van der Waals surface area contributed by atoms with E-state index in [9.17, 15) is 47.7 Å². The van der Waals surface area contributed by atoms with Crippen LogP contribution in [-0.2, 0) is 36.3 Å². The van der Waals surface area contributed by atoms with Gasteiger partial charge in [0.1, 0.15) is 12.3 Å². The van der Waals surface area contributed by atoms with Crippen LogP contribution in [0.4, 0.5) is 13.2 Å². The molecule has 2 unspecified atom stereocenters. The fraction of sp³-hybridized carbons (Fsp3) is 0.429. The molecule has 2 aromatic rings. The molecule has 244 valence electrons. The van der Waals surface area contributed by atoms with Crippen molar-refractivity contribution >= 4 is 54.1 Å². The lowest BCUT2D eigenvalue weighted by atomic mass is 9.70. The molecule has 17 heteroatoms. The first-order valence-corrected chi connectivity index (χ1v) is 14.3. The Hall–Kier alpha value is -3.37. The van der Waals surface area contributed by atoms with E-state index in [2.05, 4.69) is 10.6 Å². The van der Waals surface area contributed by atoms with Gasteiger partial charge in [-0.25, -0.2) is 4.79 Å². The molecule has 11 nitrogen and oxygen atoms in total. The van der Waals surface area contributed by atoms with Gasteiger partial charge in [0.25, 0.3) is 5.91 Å². The number of hydrogen-bond donors (Lipinski definition) is 5. The van der Waals surface area contributed by atoms with Crippen LogP contribution in [0, 0.1) is 5.92 Å². The molecular formula is C28H30BCl2F3N2O9. The number of carboxylic acid groups (broad SMARTS) is 2. The summed E-state index contributed by atoms with van der Waals surface area (Å²) >= 11 is 12.1. The summed E-state index contributed by atoms with van der Waals surface area (Å²) in [5.74, 6) is -6.26. The van der Waals surface area contributed by atoms with Crippen LogP contribution < -0.4 is 10.6 Å². The summed E-state index contributed by atoms with van der Waals surface area (Å²) in [6, 6.07) is 6.54. The van der Waals surface area contributed by atoms with Gasteiger partial charge in [-0.15, -0.1) is 0 Å². The van der Waals surface area contributed by atoms with Gasteiger partial charge in [0.2, 0.25) is 5.91 Å². The molecule has 5 N–H and O–H groups in total. The van der Waals surface area contributed by atoms with Crippen molar-refractivity contribution in [1.82, 2.24) is 10.6 Å². The molecule has 1 aliphatic heterocycles. The highest BCUT2D eigenvalue weighted by molar-refractivity contribution is 6.47. The lowest BCUT2D eigenvalue weighted by Crippen LogP contribution is -2.63. The van der Waals surface area contributed by atoms with Gasteiger partial charge in [-0.3, -0.25) is 14.4 Å². The van der Waals surface area contributed by atoms with Gasteiger partial charge in [0.15, 0.2) is 5.60 Å². The van der Waals surface area contributed by atoms with E-state index in [1.165, 1.54) is 18.2 Å². The zero-order valence-corrected chi connectivity index (χ0v) is 25.4. The summed E-state index contributed by atoms with van der Waals surface area (Å²) in [5, 5.41) is 34.8. The minimum absolute atomic E-state index is 0.00436. The van der Waals surface area contributed by atoms with Crippen LogP contribution in [0.25, 0.3) is 0 Å². The molecule has 4 atom stereocenters. The Morgan fingerprint density at radius 3 is 2.27 bits per heavy atom. The second-order valence-electron chi connectivity index (χ2n) is 10.9. The quantitative estimate of drug-likeness (QED) is 0.209. The van der Waals surface area contributed by atoms with Gasteiger partial charge in [-0.1, -0.05) is 49.2 Å². The van der Waals surface area contributed by atoms with Crippen molar-refractivity contribution in [2.45, 2.75) is 69.6 Å². The van der Waals surface area contributed by atoms with Gasteiger partial charge < -0.3 is 35.3 Å². The number of aliphatic carboxylic acids is 2. The first kappa shape index (κ1) is 36.1. The van der Waals surface area contributed by atoms with Crippen molar-refractivity contribution in [1.29, 1.82) is 0 Å². The highest BCUT2D eigenvalue weighted by atomic mass is 35.5. The minimum atomic E-state index is -4.60. The van der Waals surface area contributed by atoms with E-state index < -0.39 is 79.3 Å². The van der Waals surface area contributed by atoms with E-state index in [0.717, 1.165) is 24.3 Å². The zero-order chi connectivity index (χ0) is 33.7. The highest BCUT2D eigenvalue weighted by Crippen LogP contribution is 2.32. The average molecular weight is 677 g/mol. The molecule has 3 rings (SSSR count). The van der Waals surface area contributed by atoms with E-state index in [-0.39, 0.29) is 39.9 Å². The van der Waals surface area contributed by atoms with Crippen LogP contribution in [-0.4, -0.2) is 70.1 Å². The number of benzene rings is 2. The molecule has 0 spiro atoms. The Morgan fingerprint density at radius 2 is 1.71 bits per heavy atom. The molecule has 2 amide bonds. The van der Waals surface area contributed by atoms with Crippen LogP contribution >= 0.6 is 23.2 Å². The molecule has 1 aliphatic rings. The number of carbonyl (C=O) groups is 4. The van der Waals surface area contributed by atoms with E-state index in [4.69, 9.17) is 32.5 Å². The van der Waals surface area contributed by atoms with Crippen molar-refractivity contribution in [2.24, 2.45) is 5.92 Å². The Labute approximate surface area is 266 Å². The summed E-state index contributed by atoms with van der Waals surface area (Å²) in [6.07, 6.45) is -8.32. The third kappa shape index (κ3) is 9.81. The smallest absolute Gasteiger partial charge is 0.481 e. The number of halogens is 5. The summed E-state index contributed by atoms with van der Waals surface area (Å²) in [7, 11) is -1.64. The normalized spacial score (nSPS) is 19.9. The molecule has 2 aromatic carbocycles. The summed E-state index contributed by atoms with van der Waals surface area (Å²) in [5.41, 5.74) is -3.15. The van der Waals surface area contributed by atoms with Gasteiger partial charge in [-0.2, -0.15) is 13.2 Å². The van der Waals surface area contributed by atoms with Crippen molar-refractivity contribution in [3.8, 4) is 0 Å². The summed E-state index contributed by atoms with van der Waals surface area (Å²) in [6.45, 7) is 3.51. The van der Waals surface area contributed by atoms with Crippen molar-refractivity contribution in [2.75, 3.05) is 0 Å². The van der Waals surface area contributed by atoms with Crippen LogP contribution in [0.1, 0.15) is 54.6 Å². The molecule has 1 fully saturated rings. The van der Waals surface area contributed by atoms with Crippen LogP contribution in [0.5, 0.6) is 0 Å². The first-order chi connectivity index (χ1) is 20.9. The maximum Gasteiger partial charge on any atom is 0.483 e. The zero-order valence-electron chi connectivity index (χ0n) is 23.9.